The highest BCUT2D eigenvalue weighted by Crippen LogP contribution is 2.30. The molecule has 1 aliphatic carbocycles. The molecule has 1 aromatic heterocycles. The Bertz CT molecular complexity index is 960. The Labute approximate surface area is 190 Å². The summed E-state index contributed by atoms with van der Waals surface area (Å²) in [5.74, 6) is -0.163. The molecule has 0 radical (unpaired) electrons. The lowest BCUT2D eigenvalue weighted by atomic mass is 9.87. The van der Waals surface area contributed by atoms with Gasteiger partial charge in [-0.1, -0.05) is 0 Å². The minimum Gasteiger partial charge on any atom is -0.465 e. The normalized spacial score (nSPS) is 21.3. The van der Waals surface area contributed by atoms with Gasteiger partial charge in [-0.25, -0.2) is 14.4 Å². The number of urea groups is 1. The van der Waals surface area contributed by atoms with Crippen molar-refractivity contribution in [2.24, 2.45) is 5.92 Å². The fourth-order valence-corrected chi connectivity index (χ4v) is 4.29. The highest BCUT2D eigenvalue weighted by atomic mass is 16.4. The first-order chi connectivity index (χ1) is 15.6. The van der Waals surface area contributed by atoms with Gasteiger partial charge in [0, 0.05) is 44.3 Å². The van der Waals surface area contributed by atoms with E-state index in [0.29, 0.717) is 0 Å². The molecule has 12 heteroatoms. The minimum atomic E-state index is -1.28. The highest BCUT2D eigenvalue weighted by Gasteiger charge is 2.35. The summed E-state index contributed by atoms with van der Waals surface area (Å²) in [6.45, 7) is 4.02. The van der Waals surface area contributed by atoms with Crippen LogP contribution in [0, 0.1) is 5.92 Å². The molecule has 12 nitrogen and oxygen atoms in total. The van der Waals surface area contributed by atoms with Gasteiger partial charge in [-0.05, 0) is 45.6 Å². The number of rotatable bonds is 5. The van der Waals surface area contributed by atoms with Gasteiger partial charge < -0.3 is 25.0 Å². The third-order valence-electron chi connectivity index (χ3n) is 6.20. The fraction of sp³-hybridized carbons (Fsp3) is 0.619. The number of aldehydes is 1. The van der Waals surface area contributed by atoms with Crippen LogP contribution in [-0.2, 0) is 9.59 Å². The first-order valence-electron chi connectivity index (χ1n) is 11.0. The largest absolute Gasteiger partial charge is 0.465 e. The summed E-state index contributed by atoms with van der Waals surface area (Å²) < 4.78 is 1.55. The zero-order valence-corrected chi connectivity index (χ0v) is 18.8. The number of hydrogen-bond acceptors (Lipinski definition) is 6. The molecule has 0 bridgehead atoms. The fourth-order valence-electron chi connectivity index (χ4n) is 4.29. The van der Waals surface area contributed by atoms with Crippen molar-refractivity contribution in [3.8, 4) is 0 Å². The van der Waals surface area contributed by atoms with Crippen LogP contribution >= 0.6 is 0 Å². The predicted molar refractivity (Wildman–Crippen MR) is 118 cm³/mol. The summed E-state index contributed by atoms with van der Waals surface area (Å²) in [6, 6.07) is 1.14. The van der Waals surface area contributed by atoms with Gasteiger partial charge in [0.1, 0.15) is 17.6 Å². The number of piperazine rings is 1. The molecule has 1 saturated heterocycles. The van der Waals surface area contributed by atoms with Gasteiger partial charge in [0.25, 0.3) is 0 Å². The smallest absolute Gasteiger partial charge is 0.405 e. The van der Waals surface area contributed by atoms with Crippen molar-refractivity contribution in [3.63, 3.8) is 0 Å². The van der Waals surface area contributed by atoms with Crippen LogP contribution in [0.15, 0.2) is 17.1 Å². The molecule has 1 aliphatic heterocycles. The lowest BCUT2D eigenvalue weighted by molar-refractivity contribution is -0.138. The number of carboxylic acid groups (broad SMARTS) is 1. The van der Waals surface area contributed by atoms with Crippen LogP contribution in [0.1, 0.15) is 45.6 Å². The van der Waals surface area contributed by atoms with Crippen molar-refractivity contribution in [1.82, 2.24) is 24.7 Å². The molecule has 0 atom stereocenters. The maximum atomic E-state index is 12.6. The van der Waals surface area contributed by atoms with E-state index in [1.165, 1.54) is 23.6 Å². The topological polar surface area (TPSA) is 154 Å². The minimum absolute atomic E-state index is 0.00330. The van der Waals surface area contributed by atoms with E-state index in [1.54, 1.807) is 16.8 Å². The lowest BCUT2D eigenvalue weighted by Crippen LogP contribution is -2.60. The van der Waals surface area contributed by atoms with Gasteiger partial charge in [-0.15, -0.1) is 0 Å². The summed E-state index contributed by atoms with van der Waals surface area (Å²) in [5.41, 5.74) is -1.72. The van der Waals surface area contributed by atoms with Gasteiger partial charge >= 0.3 is 17.8 Å². The molecular formula is C21H30N6O6. The molecule has 4 amide bonds. The van der Waals surface area contributed by atoms with Crippen LogP contribution in [-0.4, -0.2) is 80.5 Å². The first kappa shape index (κ1) is 24.2. The van der Waals surface area contributed by atoms with E-state index in [-0.39, 0.29) is 49.9 Å². The molecular weight excluding hydrogens is 432 g/mol. The van der Waals surface area contributed by atoms with E-state index in [1.807, 2.05) is 0 Å². The van der Waals surface area contributed by atoms with E-state index >= 15 is 0 Å². The molecule has 3 N–H and O–H groups in total. The molecule has 1 saturated carbocycles. The van der Waals surface area contributed by atoms with Crippen LogP contribution in [0.3, 0.4) is 0 Å². The second kappa shape index (κ2) is 10.0. The molecule has 33 heavy (non-hydrogen) atoms. The quantitative estimate of drug-likeness (QED) is 0.549. The van der Waals surface area contributed by atoms with E-state index in [2.05, 4.69) is 15.6 Å². The number of nitrogens with zero attached hydrogens (tertiary/aromatic N) is 4. The van der Waals surface area contributed by atoms with Crippen molar-refractivity contribution >= 4 is 30.1 Å². The van der Waals surface area contributed by atoms with Crippen molar-refractivity contribution < 1.29 is 24.3 Å². The second-order valence-electron chi connectivity index (χ2n) is 8.97. The highest BCUT2D eigenvalue weighted by molar-refractivity contribution is 5.90. The number of amides is 4. The Morgan fingerprint density at radius 2 is 1.70 bits per heavy atom. The molecule has 2 aliphatic rings. The number of carbonyl (C=O) groups excluding carboxylic acids is 3. The molecule has 0 aromatic carbocycles. The number of hydrogen-bond donors (Lipinski definition) is 3. The summed E-state index contributed by atoms with van der Waals surface area (Å²) in [5, 5.41) is 13.7. The predicted octanol–water partition coefficient (Wildman–Crippen LogP) is 0.896. The van der Waals surface area contributed by atoms with Crippen LogP contribution in [0.25, 0.3) is 0 Å². The SMILES string of the molecule is CC(C)(NC(=O)O)C(=O)N1CCN(C(=O)Nc2ccn([C@H]3CC[C@@H](C=O)CC3)c(=O)n2)CC1. The average molecular weight is 463 g/mol. The summed E-state index contributed by atoms with van der Waals surface area (Å²) in [7, 11) is 0. The summed E-state index contributed by atoms with van der Waals surface area (Å²) in [6.07, 6.45) is 4.27. The second-order valence-corrected chi connectivity index (χ2v) is 8.97. The molecule has 2 fully saturated rings. The van der Waals surface area contributed by atoms with Crippen LogP contribution < -0.4 is 16.3 Å². The molecule has 1 aromatic rings. The third kappa shape index (κ3) is 5.88. The van der Waals surface area contributed by atoms with E-state index in [0.717, 1.165) is 32.0 Å². The zero-order chi connectivity index (χ0) is 24.2. The van der Waals surface area contributed by atoms with E-state index < -0.39 is 23.4 Å². The summed E-state index contributed by atoms with van der Waals surface area (Å²) >= 11 is 0. The lowest BCUT2D eigenvalue weighted by Gasteiger charge is -2.38. The third-order valence-corrected chi connectivity index (χ3v) is 6.20. The van der Waals surface area contributed by atoms with Gasteiger partial charge in [0.2, 0.25) is 5.91 Å². The summed E-state index contributed by atoms with van der Waals surface area (Å²) in [4.78, 5) is 66.4. The Morgan fingerprint density at radius 3 is 2.24 bits per heavy atom. The van der Waals surface area contributed by atoms with Gasteiger partial charge in [0.15, 0.2) is 0 Å². The van der Waals surface area contributed by atoms with Gasteiger partial charge in [0.05, 0.1) is 0 Å². The molecule has 180 valence electrons. The Kier molecular flexibility index (Phi) is 7.34. The zero-order valence-electron chi connectivity index (χ0n) is 18.8. The maximum absolute atomic E-state index is 12.6. The van der Waals surface area contributed by atoms with Crippen LogP contribution in [0.4, 0.5) is 15.4 Å². The molecule has 0 unspecified atom stereocenters. The Hall–Kier alpha value is -3.44. The molecule has 3 rings (SSSR count). The average Bonchev–Trinajstić information content (AvgIpc) is 2.78. The van der Waals surface area contributed by atoms with Crippen molar-refractivity contribution in [2.75, 3.05) is 31.5 Å². The van der Waals surface area contributed by atoms with Crippen molar-refractivity contribution in [1.29, 1.82) is 0 Å². The monoisotopic (exact) mass is 462 g/mol. The first-order valence-corrected chi connectivity index (χ1v) is 11.0. The number of anilines is 1. The standard InChI is InChI=1S/C21H30N6O6/c1-21(2,24-20(32)33)17(29)25-9-11-26(12-10-25)18(30)22-16-7-8-27(19(31)23-16)15-5-3-14(13-28)4-6-15/h7-8,13-15,24H,3-6,9-12H2,1-2H3,(H,32,33)(H,22,23,30,31)/t14-,15+. The maximum Gasteiger partial charge on any atom is 0.405 e. The molecule has 0 spiro atoms. The van der Waals surface area contributed by atoms with Gasteiger partial charge in [-0.3, -0.25) is 14.7 Å². The van der Waals surface area contributed by atoms with E-state index in [9.17, 15) is 24.0 Å². The van der Waals surface area contributed by atoms with Crippen molar-refractivity contribution in [2.45, 2.75) is 51.1 Å². The number of carbonyl (C=O) groups is 4. The van der Waals surface area contributed by atoms with Crippen LogP contribution in [0.5, 0.6) is 0 Å². The van der Waals surface area contributed by atoms with Crippen molar-refractivity contribution in [3.05, 3.63) is 22.7 Å². The molecule has 2 heterocycles. The number of aromatic nitrogens is 2. The van der Waals surface area contributed by atoms with E-state index in [4.69, 9.17) is 5.11 Å². The van der Waals surface area contributed by atoms with Gasteiger partial charge in [-0.2, -0.15) is 4.98 Å². The Morgan fingerprint density at radius 1 is 1.09 bits per heavy atom. The number of nitrogens with one attached hydrogen (secondary N) is 2. The Balaban J connectivity index is 1.53. The van der Waals surface area contributed by atoms with Crippen LogP contribution in [0.2, 0.25) is 0 Å².